The predicted molar refractivity (Wildman–Crippen MR) is 73.8 cm³/mol. The molecule has 6 nitrogen and oxygen atoms in total. The van der Waals surface area contributed by atoms with Crippen LogP contribution in [0.5, 0.6) is 0 Å². The molecule has 1 atom stereocenters. The third-order valence-electron chi connectivity index (χ3n) is 2.59. The summed E-state index contributed by atoms with van der Waals surface area (Å²) in [5.41, 5.74) is 6.43. The van der Waals surface area contributed by atoms with E-state index in [4.69, 9.17) is 10.9 Å². The van der Waals surface area contributed by atoms with Crippen molar-refractivity contribution in [3.05, 3.63) is 35.9 Å². The maximum atomic E-state index is 11.6. The van der Waals surface area contributed by atoms with E-state index in [1.54, 1.807) is 0 Å². The van der Waals surface area contributed by atoms with Gasteiger partial charge in [-0.25, -0.2) is 0 Å². The first-order valence-electron chi connectivity index (χ1n) is 6.12. The quantitative estimate of drug-likeness (QED) is 0.248. The summed E-state index contributed by atoms with van der Waals surface area (Å²) in [6.45, 7) is 2.57. The lowest BCUT2D eigenvalue weighted by atomic mass is 10.2. The highest BCUT2D eigenvalue weighted by atomic mass is 16.4. The number of amides is 1. The van der Waals surface area contributed by atoms with Crippen LogP contribution in [0.15, 0.2) is 35.5 Å². The fraction of sp³-hybridized carbons (Fsp3) is 0.385. The van der Waals surface area contributed by atoms with E-state index in [9.17, 15) is 4.79 Å². The van der Waals surface area contributed by atoms with Crippen LogP contribution in [0.2, 0.25) is 0 Å². The zero-order valence-corrected chi connectivity index (χ0v) is 11.0. The van der Waals surface area contributed by atoms with Gasteiger partial charge in [-0.1, -0.05) is 35.5 Å². The van der Waals surface area contributed by atoms with Gasteiger partial charge in [0.2, 0.25) is 5.91 Å². The molecule has 104 valence electrons. The summed E-state index contributed by atoms with van der Waals surface area (Å²) < 4.78 is 0. The van der Waals surface area contributed by atoms with Crippen molar-refractivity contribution in [2.75, 3.05) is 6.54 Å². The highest BCUT2D eigenvalue weighted by Gasteiger charge is 2.07. The van der Waals surface area contributed by atoms with Crippen LogP contribution in [0, 0.1) is 0 Å². The van der Waals surface area contributed by atoms with Crippen molar-refractivity contribution >= 4 is 11.7 Å². The molecule has 0 fully saturated rings. The van der Waals surface area contributed by atoms with Crippen LogP contribution < -0.4 is 16.4 Å². The van der Waals surface area contributed by atoms with Crippen LogP contribution >= 0.6 is 0 Å². The van der Waals surface area contributed by atoms with Gasteiger partial charge in [0.15, 0.2) is 0 Å². The van der Waals surface area contributed by atoms with Crippen LogP contribution in [0.3, 0.4) is 0 Å². The minimum Gasteiger partial charge on any atom is -0.409 e. The first kappa shape index (κ1) is 15.0. The van der Waals surface area contributed by atoms with E-state index >= 15 is 0 Å². The van der Waals surface area contributed by atoms with Crippen molar-refractivity contribution in [2.24, 2.45) is 10.9 Å². The van der Waals surface area contributed by atoms with E-state index in [0.29, 0.717) is 13.0 Å². The number of hydrogen-bond donors (Lipinski definition) is 4. The summed E-state index contributed by atoms with van der Waals surface area (Å²) in [6.07, 6.45) is 0.391. The van der Waals surface area contributed by atoms with Crippen molar-refractivity contribution in [1.82, 2.24) is 10.6 Å². The molecule has 6 heteroatoms. The second-order valence-corrected chi connectivity index (χ2v) is 4.34. The van der Waals surface area contributed by atoms with Crippen LogP contribution in [-0.4, -0.2) is 29.5 Å². The summed E-state index contributed by atoms with van der Waals surface area (Å²) in [6, 6.07) is 9.67. The smallest absolute Gasteiger partial charge is 0.234 e. The second-order valence-electron chi connectivity index (χ2n) is 4.34. The first-order valence-corrected chi connectivity index (χ1v) is 6.12. The largest absolute Gasteiger partial charge is 0.409 e. The van der Waals surface area contributed by atoms with Gasteiger partial charge < -0.3 is 21.6 Å². The minimum absolute atomic E-state index is 0.0293. The van der Waals surface area contributed by atoms with Crippen LogP contribution in [0.4, 0.5) is 0 Å². The van der Waals surface area contributed by atoms with Gasteiger partial charge in [-0.3, -0.25) is 4.79 Å². The number of nitrogens with zero attached hydrogens (tertiary/aromatic N) is 1. The Morgan fingerprint density at radius 2 is 2.11 bits per heavy atom. The monoisotopic (exact) mass is 264 g/mol. The highest BCUT2D eigenvalue weighted by Crippen LogP contribution is 1.96. The van der Waals surface area contributed by atoms with E-state index < -0.39 is 0 Å². The Morgan fingerprint density at radius 3 is 2.74 bits per heavy atom. The van der Waals surface area contributed by atoms with Crippen LogP contribution in [-0.2, 0) is 11.3 Å². The summed E-state index contributed by atoms with van der Waals surface area (Å²) in [7, 11) is 0. The fourth-order valence-electron chi connectivity index (χ4n) is 1.55. The van der Waals surface area contributed by atoms with Gasteiger partial charge in [-0.15, -0.1) is 0 Å². The number of nitrogens with one attached hydrogen (secondary N) is 2. The molecule has 0 radical (unpaired) electrons. The summed E-state index contributed by atoms with van der Waals surface area (Å²) in [4.78, 5) is 11.6. The average Bonchev–Trinajstić information content (AvgIpc) is 2.43. The lowest BCUT2D eigenvalue weighted by Gasteiger charge is -2.12. The molecule has 0 saturated carbocycles. The minimum atomic E-state index is -0.0878. The molecule has 1 aromatic carbocycles. The second kappa shape index (κ2) is 8.10. The summed E-state index contributed by atoms with van der Waals surface area (Å²) in [5, 5.41) is 17.1. The first-order chi connectivity index (χ1) is 9.11. The molecule has 0 saturated heterocycles. The third-order valence-corrected chi connectivity index (χ3v) is 2.59. The fourth-order valence-corrected chi connectivity index (χ4v) is 1.55. The molecule has 1 aromatic rings. The van der Waals surface area contributed by atoms with Crippen molar-refractivity contribution in [3.63, 3.8) is 0 Å². The molecule has 5 N–H and O–H groups in total. The highest BCUT2D eigenvalue weighted by molar-refractivity contribution is 5.80. The van der Waals surface area contributed by atoms with Gasteiger partial charge >= 0.3 is 0 Å². The SMILES string of the molecule is CC(CC(N)=NO)NCC(=O)NCc1ccccc1. The van der Waals surface area contributed by atoms with Crippen molar-refractivity contribution in [2.45, 2.75) is 25.9 Å². The van der Waals surface area contributed by atoms with Gasteiger partial charge in [0.1, 0.15) is 5.84 Å². The maximum absolute atomic E-state index is 11.6. The number of carbonyl (C=O) groups is 1. The maximum Gasteiger partial charge on any atom is 0.234 e. The molecular weight excluding hydrogens is 244 g/mol. The topological polar surface area (TPSA) is 99.7 Å². The molecule has 0 heterocycles. The van der Waals surface area contributed by atoms with Gasteiger partial charge in [-0.05, 0) is 12.5 Å². The molecule has 0 bridgehead atoms. The number of nitrogens with two attached hydrogens (primary N) is 1. The van der Waals surface area contributed by atoms with Crippen LogP contribution in [0.1, 0.15) is 18.9 Å². The Labute approximate surface area is 112 Å². The van der Waals surface area contributed by atoms with Gasteiger partial charge in [0, 0.05) is 19.0 Å². The molecule has 0 spiro atoms. The van der Waals surface area contributed by atoms with E-state index in [0.717, 1.165) is 5.56 Å². The molecule has 0 aliphatic rings. The number of amidine groups is 1. The number of oxime groups is 1. The average molecular weight is 264 g/mol. The van der Waals surface area contributed by atoms with Crippen molar-refractivity contribution in [1.29, 1.82) is 0 Å². The van der Waals surface area contributed by atoms with E-state index in [-0.39, 0.29) is 24.3 Å². The number of benzene rings is 1. The van der Waals surface area contributed by atoms with Crippen molar-refractivity contribution < 1.29 is 10.0 Å². The number of hydrogen-bond acceptors (Lipinski definition) is 4. The lowest BCUT2D eigenvalue weighted by molar-refractivity contribution is -0.120. The Hall–Kier alpha value is -2.08. The molecule has 0 aliphatic heterocycles. The molecule has 19 heavy (non-hydrogen) atoms. The van der Waals surface area contributed by atoms with E-state index in [1.165, 1.54) is 0 Å². The lowest BCUT2D eigenvalue weighted by Crippen LogP contribution is -2.39. The Bertz CT molecular complexity index is 420. The molecule has 1 rings (SSSR count). The Balaban J connectivity index is 2.21. The van der Waals surface area contributed by atoms with Crippen LogP contribution in [0.25, 0.3) is 0 Å². The zero-order valence-electron chi connectivity index (χ0n) is 11.0. The van der Waals surface area contributed by atoms with Gasteiger partial charge in [0.05, 0.1) is 6.54 Å². The molecule has 0 aromatic heterocycles. The summed E-state index contributed by atoms with van der Waals surface area (Å²) >= 11 is 0. The van der Waals surface area contributed by atoms with Crippen molar-refractivity contribution in [3.8, 4) is 0 Å². The van der Waals surface area contributed by atoms with Gasteiger partial charge in [-0.2, -0.15) is 0 Å². The summed E-state index contributed by atoms with van der Waals surface area (Å²) in [5.74, 6) is 0.0555. The molecule has 1 amide bonds. The molecule has 1 unspecified atom stereocenters. The number of rotatable bonds is 7. The number of carbonyl (C=O) groups excluding carboxylic acids is 1. The Morgan fingerprint density at radius 1 is 1.42 bits per heavy atom. The van der Waals surface area contributed by atoms with Gasteiger partial charge in [0.25, 0.3) is 0 Å². The predicted octanol–water partition coefficient (Wildman–Crippen LogP) is 0.417. The van der Waals surface area contributed by atoms with E-state index in [2.05, 4.69) is 15.8 Å². The van der Waals surface area contributed by atoms with E-state index in [1.807, 2.05) is 37.3 Å². The molecule has 0 aliphatic carbocycles. The normalized spacial score (nSPS) is 13.0. The zero-order chi connectivity index (χ0) is 14.1. The Kier molecular flexibility index (Phi) is 6.38. The third kappa shape index (κ3) is 6.42. The standard InChI is InChI=1S/C13H20N4O2/c1-10(7-12(14)17-19)15-9-13(18)16-8-11-5-3-2-4-6-11/h2-6,10,15,19H,7-9H2,1H3,(H2,14,17)(H,16,18). The molecular formula is C13H20N4O2.